The van der Waals surface area contributed by atoms with Crippen LogP contribution in [0.5, 0.6) is 5.75 Å². The molecule has 0 atom stereocenters. The molecule has 7 nitrogen and oxygen atoms in total. The molecule has 0 saturated carbocycles. The van der Waals surface area contributed by atoms with Crippen LogP contribution >= 0.6 is 0 Å². The summed E-state index contributed by atoms with van der Waals surface area (Å²) in [4.78, 5) is 31.1. The van der Waals surface area contributed by atoms with Crippen LogP contribution in [0.3, 0.4) is 0 Å². The number of amides is 1. The Morgan fingerprint density at radius 1 is 1.09 bits per heavy atom. The molecule has 1 amide bonds. The van der Waals surface area contributed by atoms with Gasteiger partial charge in [-0.2, -0.15) is 0 Å². The summed E-state index contributed by atoms with van der Waals surface area (Å²) in [5, 5.41) is 0. The van der Waals surface area contributed by atoms with Gasteiger partial charge in [0.15, 0.2) is 0 Å². The molecule has 3 aromatic rings. The molecule has 7 heteroatoms. The average molecular weight is 447 g/mol. The van der Waals surface area contributed by atoms with E-state index in [2.05, 4.69) is 4.98 Å². The predicted octanol–water partition coefficient (Wildman–Crippen LogP) is 4.35. The number of carbonyl (C=O) groups excluding carboxylic acids is 2. The quantitative estimate of drug-likeness (QED) is 0.397. The minimum atomic E-state index is -0.268. The molecule has 1 aliphatic rings. The lowest BCUT2D eigenvalue weighted by atomic mass is 9.97. The number of rotatable bonds is 7. The zero-order valence-corrected chi connectivity index (χ0v) is 18.5. The molecule has 2 aromatic carbocycles. The predicted molar refractivity (Wildman–Crippen MR) is 123 cm³/mol. The van der Waals surface area contributed by atoms with E-state index in [1.54, 1.807) is 24.2 Å². The molecule has 1 aliphatic heterocycles. The van der Waals surface area contributed by atoms with Gasteiger partial charge in [0.25, 0.3) is 0 Å². The molecule has 0 radical (unpaired) electrons. The summed E-state index contributed by atoms with van der Waals surface area (Å²) in [6.07, 6.45) is 6.05. The summed E-state index contributed by atoms with van der Waals surface area (Å²) >= 11 is 0. The van der Waals surface area contributed by atoms with Crippen molar-refractivity contribution in [1.82, 2.24) is 9.88 Å². The summed E-state index contributed by atoms with van der Waals surface area (Å²) in [7, 11) is 1.61. The van der Waals surface area contributed by atoms with Crippen LogP contribution in [0.2, 0.25) is 0 Å². The lowest BCUT2D eigenvalue weighted by Gasteiger charge is -2.30. The summed E-state index contributed by atoms with van der Waals surface area (Å²) in [5.74, 6) is 0.675. The maximum atomic E-state index is 12.5. The van der Waals surface area contributed by atoms with E-state index in [1.165, 1.54) is 6.26 Å². The first-order chi connectivity index (χ1) is 16.1. The molecule has 0 bridgehead atoms. The second kappa shape index (κ2) is 10.6. The molecule has 0 aliphatic carbocycles. The molecule has 1 saturated heterocycles. The number of hydrogen-bond donors (Lipinski definition) is 0. The first-order valence-corrected chi connectivity index (χ1v) is 10.9. The van der Waals surface area contributed by atoms with Crippen molar-refractivity contribution in [3.05, 3.63) is 78.2 Å². The largest absolute Gasteiger partial charge is 0.497 e. The number of carbonyl (C=O) groups is 2. The van der Waals surface area contributed by atoms with Crippen LogP contribution in [0.1, 0.15) is 24.1 Å². The minimum Gasteiger partial charge on any atom is -0.497 e. The fraction of sp³-hybridized carbons (Fsp3) is 0.269. The highest BCUT2D eigenvalue weighted by Gasteiger charge is 2.28. The normalized spacial score (nSPS) is 14.4. The lowest BCUT2D eigenvalue weighted by Crippen LogP contribution is -2.39. The van der Waals surface area contributed by atoms with Crippen molar-refractivity contribution in [3.8, 4) is 17.2 Å². The third kappa shape index (κ3) is 5.88. The number of piperidine rings is 1. The van der Waals surface area contributed by atoms with Crippen molar-refractivity contribution in [2.75, 3.05) is 20.2 Å². The van der Waals surface area contributed by atoms with Crippen molar-refractivity contribution in [1.29, 1.82) is 0 Å². The summed E-state index contributed by atoms with van der Waals surface area (Å²) in [6.45, 7) is 1.12. The number of likely N-dealkylation sites (tertiary alicyclic amines) is 1. The van der Waals surface area contributed by atoms with Crippen molar-refractivity contribution < 1.29 is 23.5 Å². The van der Waals surface area contributed by atoms with Crippen LogP contribution in [0.4, 0.5) is 0 Å². The van der Waals surface area contributed by atoms with Gasteiger partial charge in [-0.05, 0) is 48.7 Å². The average Bonchev–Trinajstić information content (AvgIpc) is 3.35. The van der Waals surface area contributed by atoms with Crippen LogP contribution in [0.15, 0.2) is 71.4 Å². The second-order valence-electron chi connectivity index (χ2n) is 7.82. The number of esters is 1. The van der Waals surface area contributed by atoms with Crippen molar-refractivity contribution in [2.24, 2.45) is 5.92 Å². The highest BCUT2D eigenvalue weighted by Crippen LogP contribution is 2.23. The molecule has 0 spiro atoms. The van der Waals surface area contributed by atoms with Crippen LogP contribution in [0.25, 0.3) is 17.5 Å². The Hall–Kier alpha value is -3.87. The molecule has 4 rings (SSSR count). The molecule has 0 N–H and O–H groups in total. The Kier molecular flexibility index (Phi) is 7.19. The minimum absolute atomic E-state index is 0.0423. The molecule has 1 fully saturated rings. The highest BCUT2D eigenvalue weighted by molar-refractivity contribution is 5.92. The van der Waals surface area contributed by atoms with Gasteiger partial charge in [-0.15, -0.1) is 0 Å². The van der Waals surface area contributed by atoms with E-state index in [0.717, 1.165) is 16.9 Å². The number of aromatic nitrogens is 1. The van der Waals surface area contributed by atoms with E-state index in [9.17, 15) is 9.59 Å². The van der Waals surface area contributed by atoms with Gasteiger partial charge in [0.1, 0.15) is 24.3 Å². The fourth-order valence-corrected chi connectivity index (χ4v) is 3.68. The smallest absolute Gasteiger partial charge is 0.309 e. The van der Waals surface area contributed by atoms with Crippen LogP contribution in [-0.4, -0.2) is 42.0 Å². The van der Waals surface area contributed by atoms with E-state index in [4.69, 9.17) is 13.9 Å². The maximum Gasteiger partial charge on any atom is 0.309 e. The number of benzene rings is 2. The zero-order chi connectivity index (χ0) is 23.0. The number of hydrogen-bond acceptors (Lipinski definition) is 6. The first-order valence-electron chi connectivity index (χ1n) is 10.9. The van der Waals surface area contributed by atoms with Crippen LogP contribution in [-0.2, 0) is 20.9 Å². The Balaban J connectivity index is 1.23. The Bertz CT molecular complexity index is 1100. The molecule has 0 unspecified atom stereocenters. The number of oxazole rings is 1. The Morgan fingerprint density at radius 2 is 1.82 bits per heavy atom. The molecule has 1 aromatic heterocycles. The van der Waals surface area contributed by atoms with Gasteiger partial charge in [-0.3, -0.25) is 9.59 Å². The van der Waals surface area contributed by atoms with Gasteiger partial charge in [-0.25, -0.2) is 4.98 Å². The Labute approximate surface area is 192 Å². The number of ether oxygens (including phenoxy) is 2. The fourth-order valence-electron chi connectivity index (χ4n) is 3.68. The Morgan fingerprint density at radius 3 is 2.52 bits per heavy atom. The monoisotopic (exact) mass is 446 g/mol. The molecule has 2 heterocycles. The van der Waals surface area contributed by atoms with E-state index >= 15 is 0 Å². The second-order valence-corrected chi connectivity index (χ2v) is 7.82. The van der Waals surface area contributed by atoms with Crippen molar-refractivity contribution >= 4 is 18.0 Å². The summed E-state index contributed by atoms with van der Waals surface area (Å²) < 4.78 is 16.1. The molecular formula is C26H26N2O5. The highest BCUT2D eigenvalue weighted by atomic mass is 16.5. The third-order valence-electron chi connectivity index (χ3n) is 5.61. The van der Waals surface area contributed by atoms with Gasteiger partial charge < -0.3 is 18.8 Å². The first kappa shape index (κ1) is 22.3. The topological polar surface area (TPSA) is 81.9 Å². The third-order valence-corrected chi connectivity index (χ3v) is 5.61. The number of methoxy groups -OCH3 is 1. The zero-order valence-electron chi connectivity index (χ0n) is 18.5. The maximum absolute atomic E-state index is 12.5. The van der Waals surface area contributed by atoms with Crippen molar-refractivity contribution in [2.45, 2.75) is 19.4 Å². The van der Waals surface area contributed by atoms with Gasteiger partial charge in [0, 0.05) is 24.7 Å². The molecule has 170 valence electrons. The SMILES string of the molecule is COc1ccc(-c2nc(COC(=O)C3CCN(C(=O)/C=C/c4ccccc4)CC3)co2)cc1. The van der Waals surface area contributed by atoms with Gasteiger partial charge >= 0.3 is 5.97 Å². The molecular weight excluding hydrogens is 420 g/mol. The van der Waals surface area contributed by atoms with E-state index in [-0.39, 0.29) is 24.4 Å². The van der Waals surface area contributed by atoms with Gasteiger partial charge in [0.2, 0.25) is 11.8 Å². The lowest BCUT2D eigenvalue weighted by molar-refractivity contribution is -0.152. The number of nitrogens with zero attached hydrogens (tertiary/aromatic N) is 2. The van der Waals surface area contributed by atoms with Crippen LogP contribution < -0.4 is 4.74 Å². The molecule has 33 heavy (non-hydrogen) atoms. The standard InChI is InChI=1S/C26H26N2O5/c1-31-23-10-8-20(9-11-23)25-27-22(17-32-25)18-33-26(30)21-13-15-28(16-14-21)24(29)12-7-19-5-3-2-4-6-19/h2-12,17,21H,13-16,18H2,1H3/b12-7+. The van der Waals surface area contributed by atoms with Crippen molar-refractivity contribution in [3.63, 3.8) is 0 Å². The van der Waals surface area contributed by atoms with E-state index in [1.807, 2.05) is 54.6 Å². The summed E-state index contributed by atoms with van der Waals surface area (Å²) in [6, 6.07) is 17.0. The summed E-state index contributed by atoms with van der Waals surface area (Å²) in [5.41, 5.74) is 2.34. The van der Waals surface area contributed by atoms with Gasteiger partial charge in [0.05, 0.1) is 13.0 Å². The van der Waals surface area contributed by atoms with Crippen LogP contribution in [0, 0.1) is 5.92 Å². The van der Waals surface area contributed by atoms with Gasteiger partial charge in [-0.1, -0.05) is 30.3 Å². The van der Waals surface area contributed by atoms with E-state index < -0.39 is 0 Å². The van der Waals surface area contributed by atoms with E-state index in [0.29, 0.717) is 37.5 Å².